The quantitative estimate of drug-likeness (QED) is 0.608. The molecule has 4 N–H and O–H groups in total. The van der Waals surface area contributed by atoms with Gasteiger partial charge in [-0.05, 0) is 42.0 Å². The first kappa shape index (κ1) is 20.8. The number of rotatable bonds is 7. The highest BCUT2D eigenvalue weighted by Crippen LogP contribution is 2.29. The predicted octanol–water partition coefficient (Wildman–Crippen LogP) is 1.80. The van der Waals surface area contributed by atoms with Crippen molar-refractivity contribution < 1.29 is 22.7 Å². The summed E-state index contributed by atoms with van der Waals surface area (Å²) >= 11 is 5.94. The number of anilines is 1. The molecule has 0 unspecified atom stereocenters. The van der Waals surface area contributed by atoms with Crippen molar-refractivity contribution in [2.45, 2.75) is 4.90 Å². The van der Waals surface area contributed by atoms with Gasteiger partial charge in [-0.25, -0.2) is 8.42 Å². The van der Waals surface area contributed by atoms with Crippen LogP contribution < -0.4 is 21.1 Å². The van der Waals surface area contributed by atoms with Gasteiger partial charge in [0.1, 0.15) is 12.4 Å². The standard InChI is InChI=1S/C19H18ClN3O5S/c20-13-2-4-16(28-7-6-21)15(9-13)19(25)22-11-18(24)23-14-3-1-12-5-8-29(26,27)17(12)10-14/h1-5,8-10H,6-7,11,21H2,(H,22,25)(H,23,24). The van der Waals surface area contributed by atoms with Gasteiger partial charge in [0.05, 0.1) is 17.0 Å². The summed E-state index contributed by atoms with van der Waals surface area (Å²) in [6.45, 7) is 0.167. The number of amides is 2. The molecule has 2 aromatic carbocycles. The summed E-state index contributed by atoms with van der Waals surface area (Å²) in [4.78, 5) is 24.7. The third kappa shape index (κ3) is 4.94. The number of fused-ring (bicyclic) bond motifs is 1. The van der Waals surface area contributed by atoms with Crippen LogP contribution in [0.1, 0.15) is 15.9 Å². The monoisotopic (exact) mass is 435 g/mol. The smallest absolute Gasteiger partial charge is 0.255 e. The van der Waals surface area contributed by atoms with Crippen molar-refractivity contribution >= 4 is 45.0 Å². The fourth-order valence-corrected chi connectivity index (χ4v) is 4.07. The van der Waals surface area contributed by atoms with E-state index in [1.54, 1.807) is 24.3 Å². The molecule has 1 aliphatic heterocycles. The Hall–Kier alpha value is -2.88. The molecule has 0 fully saturated rings. The number of carbonyl (C=O) groups is 2. The van der Waals surface area contributed by atoms with Crippen LogP contribution in [0.5, 0.6) is 5.75 Å². The number of nitrogens with one attached hydrogen (secondary N) is 2. The van der Waals surface area contributed by atoms with Gasteiger partial charge in [-0.3, -0.25) is 9.59 Å². The fraction of sp³-hybridized carbons (Fsp3) is 0.158. The molecule has 0 bridgehead atoms. The lowest BCUT2D eigenvalue weighted by molar-refractivity contribution is -0.115. The van der Waals surface area contributed by atoms with E-state index in [-0.39, 0.29) is 30.2 Å². The van der Waals surface area contributed by atoms with Gasteiger partial charge in [0, 0.05) is 22.7 Å². The molecule has 3 rings (SSSR count). The first-order valence-electron chi connectivity index (χ1n) is 8.58. The zero-order valence-electron chi connectivity index (χ0n) is 15.1. The van der Waals surface area contributed by atoms with Crippen molar-refractivity contribution in [2.24, 2.45) is 5.73 Å². The Morgan fingerprint density at radius 3 is 2.69 bits per heavy atom. The van der Waals surface area contributed by atoms with E-state index in [1.165, 1.54) is 18.2 Å². The van der Waals surface area contributed by atoms with Gasteiger partial charge >= 0.3 is 0 Å². The molecule has 1 heterocycles. The number of nitrogens with two attached hydrogens (primary N) is 1. The van der Waals surface area contributed by atoms with Crippen LogP contribution in [0.4, 0.5) is 5.69 Å². The minimum atomic E-state index is -3.48. The molecule has 29 heavy (non-hydrogen) atoms. The second-order valence-electron chi connectivity index (χ2n) is 6.11. The molecule has 152 valence electrons. The molecule has 2 aromatic rings. The van der Waals surface area contributed by atoms with Crippen molar-refractivity contribution in [2.75, 3.05) is 25.0 Å². The van der Waals surface area contributed by atoms with Gasteiger partial charge in [0.2, 0.25) is 15.7 Å². The average Bonchev–Trinajstić information content (AvgIpc) is 2.99. The molecule has 10 heteroatoms. The number of sulfone groups is 1. The number of hydrogen-bond donors (Lipinski definition) is 3. The molecule has 1 aliphatic rings. The van der Waals surface area contributed by atoms with Crippen molar-refractivity contribution in [1.29, 1.82) is 0 Å². The summed E-state index contributed by atoms with van der Waals surface area (Å²) < 4.78 is 29.2. The highest BCUT2D eigenvalue weighted by atomic mass is 35.5. The average molecular weight is 436 g/mol. The number of halogens is 1. The van der Waals surface area contributed by atoms with E-state index in [1.807, 2.05) is 0 Å². The zero-order valence-corrected chi connectivity index (χ0v) is 16.7. The topological polar surface area (TPSA) is 128 Å². The number of ether oxygens (including phenoxy) is 1. The largest absolute Gasteiger partial charge is 0.491 e. The summed E-state index contributed by atoms with van der Waals surface area (Å²) in [6.07, 6.45) is 1.49. The van der Waals surface area contributed by atoms with Gasteiger partial charge in [-0.2, -0.15) is 0 Å². The lowest BCUT2D eigenvalue weighted by Gasteiger charge is -2.12. The molecular weight excluding hydrogens is 418 g/mol. The summed E-state index contributed by atoms with van der Waals surface area (Å²) in [6, 6.07) is 9.11. The van der Waals surface area contributed by atoms with E-state index in [2.05, 4.69) is 10.6 Å². The van der Waals surface area contributed by atoms with Gasteiger partial charge in [0.25, 0.3) is 5.91 Å². The van der Waals surface area contributed by atoms with Crippen LogP contribution in [-0.2, 0) is 14.6 Å². The van der Waals surface area contributed by atoms with Crippen molar-refractivity contribution in [3.8, 4) is 5.75 Å². The molecule has 0 aliphatic carbocycles. The molecular formula is C19H18ClN3O5S. The van der Waals surface area contributed by atoms with Gasteiger partial charge in [0.15, 0.2) is 0 Å². The van der Waals surface area contributed by atoms with E-state index >= 15 is 0 Å². The molecule has 8 nitrogen and oxygen atoms in total. The molecule has 2 amide bonds. The number of carbonyl (C=O) groups excluding carboxylic acids is 2. The molecule has 0 atom stereocenters. The van der Waals surface area contributed by atoms with Gasteiger partial charge in [-0.15, -0.1) is 0 Å². The third-order valence-electron chi connectivity index (χ3n) is 4.00. The Bertz CT molecular complexity index is 1100. The Morgan fingerprint density at radius 1 is 1.14 bits per heavy atom. The normalized spacial score (nSPS) is 13.6. The Labute approximate surface area is 172 Å². The second kappa shape index (κ2) is 8.64. The molecule has 0 saturated carbocycles. The highest BCUT2D eigenvalue weighted by molar-refractivity contribution is 7.94. The third-order valence-corrected chi connectivity index (χ3v) is 5.70. The van der Waals surface area contributed by atoms with Crippen LogP contribution in [0.25, 0.3) is 6.08 Å². The van der Waals surface area contributed by atoms with E-state index in [0.29, 0.717) is 22.0 Å². The van der Waals surface area contributed by atoms with Crippen LogP contribution in [0.15, 0.2) is 46.7 Å². The first-order chi connectivity index (χ1) is 13.8. The highest BCUT2D eigenvalue weighted by Gasteiger charge is 2.21. The Morgan fingerprint density at radius 2 is 1.93 bits per heavy atom. The van der Waals surface area contributed by atoms with E-state index in [4.69, 9.17) is 22.1 Å². The van der Waals surface area contributed by atoms with E-state index in [9.17, 15) is 18.0 Å². The minimum absolute atomic E-state index is 0.125. The Kier molecular flexibility index (Phi) is 6.21. The lowest BCUT2D eigenvalue weighted by atomic mass is 10.2. The van der Waals surface area contributed by atoms with Crippen LogP contribution in [0.2, 0.25) is 5.02 Å². The van der Waals surface area contributed by atoms with Crippen LogP contribution in [0.3, 0.4) is 0 Å². The SMILES string of the molecule is NCCOc1ccc(Cl)cc1C(=O)NCC(=O)Nc1ccc2c(c1)S(=O)(=O)C=C2. The van der Waals surface area contributed by atoms with Gasteiger partial charge < -0.3 is 21.1 Å². The second-order valence-corrected chi connectivity index (χ2v) is 8.35. The maximum Gasteiger partial charge on any atom is 0.255 e. The molecule has 0 saturated heterocycles. The first-order valence-corrected chi connectivity index (χ1v) is 10.5. The Balaban J connectivity index is 1.63. The maximum absolute atomic E-state index is 12.4. The van der Waals surface area contributed by atoms with Crippen molar-refractivity contribution in [1.82, 2.24) is 5.32 Å². The van der Waals surface area contributed by atoms with E-state index < -0.39 is 21.7 Å². The number of hydrogen-bond acceptors (Lipinski definition) is 6. The zero-order chi connectivity index (χ0) is 21.0. The van der Waals surface area contributed by atoms with Crippen molar-refractivity contribution in [3.63, 3.8) is 0 Å². The fourth-order valence-electron chi connectivity index (χ4n) is 2.67. The molecule has 0 aromatic heterocycles. The summed E-state index contributed by atoms with van der Waals surface area (Å²) in [7, 11) is -3.48. The minimum Gasteiger partial charge on any atom is -0.491 e. The summed E-state index contributed by atoms with van der Waals surface area (Å²) in [5.41, 5.74) is 6.45. The van der Waals surface area contributed by atoms with Gasteiger partial charge in [-0.1, -0.05) is 17.7 Å². The summed E-state index contributed by atoms with van der Waals surface area (Å²) in [5, 5.41) is 6.49. The van der Waals surface area contributed by atoms with Crippen LogP contribution in [0, 0.1) is 0 Å². The van der Waals surface area contributed by atoms with Crippen molar-refractivity contribution in [3.05, 3.63) is 58.0 Å². The maximum atomic E-state index is 12.4. The molecule has 0 radical (unpaired) electrons. The van der Waals surface area contributed by atoms with Crippen LogP contribution in [-0.4, -0.2) is 39.9 Å². The lowest BCUT2D eigenvalue weighted by Crippen LogP contribution is -2.33. The number of benzene rings is 2. The van der Waals surface area contributed by atoms with E-state index in [0.717, 1.165) is 5.41 Å². The molecule has 0 spiro atoms. The summed E-state index contributed by atoms with van der Waals surface area (Å²) in [5.74, 6) is -0.766. The predicted molar refractivity (Wildman–Crippen MR) is 110 cm³/mol. The van der Waals surface area contributed by atoms with Crippen LogP contribution >= 0.6 is 11.6 Å².